The summed E-state index contributed by atoms with van der Waals surface area (Å²) < 4.78 is 0. The molecule has 2 aliphatic rings. The zero-order valence-corrected chi connectivity index (χ0v) is 12.8. The molecule has 0 saturated carbocycles. The summed E-state index contributed by atoms with van der Waals surface area (Å²) in [6.07, 6.45) is 1.97. The maximum atomic E-state index is 4.25. The molecule has 2 N–H and O–H groups in total. The molecule has 2 aromatic rings. The lowest BCUT2D eigenvalue weighted by Crippen LogP contribution is -2.62. The Morgan fingerprint density at radius 3 is 2.64 bits per heavy atom. The summed E-state index contributed by atoms with van der Waals surface area (Å²) in [6, 6.07) is 11.2. The molecule has 116 valence electrons. The van der Waals surface area contributed by atoms with Crippen LogP contribution in [0.15, 0.2) is 36.5 Å². The highest BCUT2D eigenvalue weighted by molar-refractivity contribution is 5.62. The maximum absolute atomic E-state index is 4.25. The van der Waals surface area contributed by atoms with Crippen molar-refractivity contribution in [2.75, 3.05) is 39.3 Å². The third kappa shape index (κ3) is 2.79. The molecule has 0 bridgehead atoms. The van der Waals surface area contributed by atoms with E-state index in [0.717, 1.165) is 31.4 Å². The second-order valence-corrected chi connectivity index (χ2v) is 6.27. The van der Waals surface area contributed by atoms with Crippen LogP contribution >= 0.6 is 0 Å². The lowest BCUT2D eigenvalue weighted by atomic mass is 10.0. The molecule has 5 nitrogen and oxygen atoms in total. The van der Waals surface area contributed by atoms with Crippen molar-refractivity contribution in [3.8, 4) is 11.3 Å². The van der Waals surface area contributed by atoms with Crippen LogP contribution in [-0.4, -0.2) is 65.3 Å². The second kappa shape index (κ2) is 6.20. The van der Waals surface area contributed by atoms with Crippen LogP contribution in [0.3, 0.4) is 0 Å². The first-order valence-electron chi connectivity index (χ1n) is 8.15. The average Bonchev–Trinajstić information content (AvgIpc) is 3.00. The van der Waals surface area contributed by atoms with Crippen molar-refractivity contribution in [2.45, 2.75) is 12.6 Å². The van der Waals surface area contributed by atoms with Crippen LogP contribution in [0.1, 0.15) is 5.56 Å². The number of likely N-dealkylation sites (tertiary alicyclic amines) is 1. The van der Waals surface area contributed by atoms with Gasteiger partial charge in [0.15, 0.2) is 0 Å². The lowest BCUT2D eigenvalue weighted by molar-refractivity contribution is 0.0224. The van der Waals surface area contributed by atoms with Crippen molar-refractivity contribution < 1.29 is 0 Å². The fraction of sp³-hybridized carbons (Fsp3) is 0.471. The molecule has 0 aliphatic carbocycles. The molecule has 4 rings (SSSR count). The summed E-state index contributed by atoms with van der Waals surface area (Å²) in [7, 11) is 0. The van der Waals surface area contributed by atoms with Gasteiger partial charge in [-0.3, -0.25) is 14.9 Å². The average molecular weight is 297 g/mol. The summed E-state index contributed by atoms with van der Waals surface area (Å²) in [5, 5.41) is 10.8. The van der Waals surface area contributed by atoms with E-state index in [9.17, 15) is 0 Å². The Kier molecular flexibility index (Phi) is 3.93. The minimum Gasteiger partial charge on any atom is -0.314 e. The standard InChI is InChI=1S/C17H23N5/c1-2-4-14(5-3-1)17-15(10-19-20-17)11-21-12-16(13-21)22-8-6-18-7-9-22/h1-5,10,16,18H,6-9,11-13H2,(H,19,20). The van der Waals surface area contributed by atoms with E-state index in [1.54, 1.807) is 0 Å². The molecule has 1 aromatic heterocycles. The Bertz CT molecular complexity index is 597. The fourth-order valence-electron chi connectivity index (χ4n) is 3.48. The molecule has 5 heteroatoms. The van der Waals surface area contributed by atoms with Gasteiger partial charge in [0, 0.05) is 57.4 Å². The van der Waals surface area contributed by atoms with Crippen molar-refractivity contribution in [3.63, 3.8) is 0 Å². The highest BCUT2D eigenvalue weighted by Crippen LogP contribution is 2.24. The minimum absolute atomic E-state index is 0.745. The van der Waals surface area contributed by atoms with Crippen molar-refractivity contribution in [1.29, 1.82) is 0 Å². The van der Waals surface area contributed by atoms with Gasteiger partial charge >= 0.3 is 0 Å². The van der Waals surface area contributed by atoms with Crippen molar-refractivity contribution >= 4 is 0 Å². The molecule has 1 aromatic carbocycles. The first-order chi connectivity index (χ1) is 10.9. The maximum Gasteiger partial charge on any atom is 0.0695 e. The number of benzene rings is 1. The lowest BCUT2D eigenvalue weighted by Gasteiger charge is -2.46. The highest BCUT2D eigenvalue weighted by Gasteiger charge is 2.32. The van der Waals surface area contributed by atoms with Gasteiger partial charge in [0.1, 0.15) is 0 Å². The van der Waals surface area contributed by atoms with Gasteiger partial charge in [-0.15, -0.1) is 0 Å². The van der Waals surface area contributed by atoms with Crippen LogP contribution in [0.25, 0.3) is 11.3 Å². The summed E-state index contributed by atoms with van der Waals surface area (Å²) in [5.41, 5.74) is 3.67. The third-order valence-corrected chi connectivity index (χ3v) is 4.78. The predicted octanol–water partition coefficient (Wildman–Crippen LogP) is 1.17. The van der Waals surface area contributed by atoms with Crippen LogP contribution in [0.2, 0.25) is 0 Å². The Balaban J connectivity index is 1.37. The molecule has 2 fully saturated rings. The molecular formula is C17H23N5. The van der Waals surface area contributed by atoms with Gasteiger partial charge in [-0.2, -0.15) is 5.10 Å². The first kappa shape index (κ1) is 13.9. The topological polar surface area (TPSA) is 47.2 Å². The summed E-state index contributed by atoms with van der Waals surface area (Å²) in [6.45, 7) is 8.01. The molecule has 0 spiro atoms. The number of piperazine rings is 1. The van der Waals surface area contributed by atoms with Crippen LogP contribution < -0.4 is 5.32 Å². The molecule has 0 atom stereocenters. The van der Waals surface area contributed by atoms with E-state index in [4.69, 9.17) is 0 Å². The number of aromatic nitrogens is 2. The van der Waals surface area contributed by atoms with Crippen LogP contribution in [0.5, 0.6) is 0 Å². The Morgan fingerprint density at radius 2 is 1.86 bits per heavy atom. The molecule has 0 radical (unpaired) electrons. The van der Waals surface area contributed by atoms with Crippen LogP contribution in [-0.2, 0) is 6.54 Å². The Morgan fingerprint density at radius 1 is 1.09 bits per heavy atom. The molecule has 3 heterocycles. The normalized spacial score (nSPS) is 20.9. The van der Waals surface area contributed by atoms with E-state index in [2.05, 4.69) is 49.6 Å². The quantitative estimate of drug-likeness (QED) is 0.889. The van der Waals surface area contributed by atoms with Crippen LogP contribution in [0.4, 0.5) is 0 Å². The Labute approximate surface area is 131 Å². The van der Waals surface area contributed by atoms with Gasteiger partial charge in [0.25, 0.3) is 0 Å². The highest BCUT2D eigenvalue weighted by atomic mass is 15.3. The van der Waals surface area contributed by atoms with Gasteiger partial charge in [-0.05, 0) is 5.56 Å². The molecular weight excluding hydrogens is 274 g/mol. The second-order valence-electron chi connectivity index (χ2n) is 6.27. The SMILES string of the molecule is c1ccc(-c2[nH]ncc2CN2CC(N3CCNCC3)C2)cc1. The number of aromatic amines is 1. The number of nitrogens with one attached hydrogen (secondary N) is 2. The van der Waals surface area contributed by atoms with Gasteiger partial charge in [0.2, 0.25) is 0 Å². The molecule has 22 heavy (non-hydrogen) atoms. The van der Waals surface area contributed by atoms with Gasteiger partial charge in [-0.25, -0.2) is 0 Å². The van der Waals surface area contributed by atoms with Gasteiger partial charge in [0.05, 0.1) is 11.9 Å². The number of hydrogen-bond acceptors (Lipinski definition) is 4. The summed E-state index contributed by atoms with van der Waals surface area (Å²) in [4.78, 5) is 5.14. The molecule has 2 saturated heterocycles. The number of rotatable bonds is 4. The number of H-pyrrole nitrogens is 1. The summed E-state index contributed by atoms with van der Waals surface area (Å²) in [5.74, 6) is 0. The van der Waals surface area contributed by atoms with Gasteiger partial charge < -0.3 is 5.32 Å². The zero-order chi connectivity index (χ0) is 14.8. The molecule has 0 amide bonds. The predicted molar refractivity (Wildman–Crippen MR) is 87.5 cm³/mol. The van der Waals surface area contributed by atoms with E-state index in [1.807, 2.05) is 12.3 Å². The fourth-order valence-corrected chi connectivity index (χ4v) is 3.48. The van der Waals surface area contributed by atoms with E-state index < -0.39 is 0 Å². The smallest absolute Gasteiger partial charge is 0.0695 e. The van der Waals surface area contributed by atoms with Crippen molar-refractivity contribution in [1.82, 2.24) is 25.3 Å². The van der Waals surface area contributed by atoms with Crippen molar-refractivity contribution in [2.24, 2.45) is 0 Å². The van der Waals surface area contributed by atoms with Gasteiger partial charge in [-0.1, -0.05) is 30.3 Å². The molecule has 2 aliphatic heterocycles. The van der Waals surface area contributed by atoms with E-state index >= 15 is 0 Å². The third-order valence-electron chi connectivity index (χ3n) is 4.78. The van der Waals surface area contributed by atoms with E-state index in [0.29, 0.717) is 0 Å². The minimum atomic E-state index is 0.745. The number of nitrogens with zero attached hydrogens (tertiary/aromatic N) is 3. The number of hydrogen-bond donors (Lipinski definition) is 2. The van der Waals surface area contributed by atoms with E-state index in [1.165, 1.54) is 37.3 Å². The van der Waals surface area contributed by atoms with E-state index in [-0.39, 0.29) is 0 Å². The Hall–Kier alpha value is -1.69. The zero-order valence-electron chi connectivity index (χ0n) is 12.8. The first-order valence-corrected chi connectivity index (χ1v) is 8.15. The van der Waals surface area contributed by atoms with Crippen molar-refractivity contribution in [3.05, 3.63) is 42.1 Å². The monoisotopic (exact) mass is 297 g/mol. The van der Waals surface area contributed by atoms with Crippen LogP contribution in [0, 0.1) is 0 Å². The molecule has 0 unspecified atom stereocenters. The largest absolute Gasteiger partial charge is 0.314 e. The summed E-state index contributed by atoms with van der Waals surface area (Å²) >= 11 is 0.